The number of amides is 1. The summed E-state index contributed by atoms with van der Waals surface area (Å²) in [6, 6.07) is 0.407. The number of piperidine rings is 1. The van der Waals surface area contributed by atoms with Crippen LogP contribution in [0.3, 0.4) is 0 Å². The lowest BCUT2D eigenvalue weighted by Gasteiger charge is -2.37. The van der Waals surface area contributed by atoms with Crippen LogP contribution in [0.25, 0.3) is 0 Å². The lowest BCUT2D eigenvalue weighted by molar-refractivity contribution is -0.126. The van der Waals surface area contributed by atoms with Gasteiger partial charge in [0.15, 0.2) is 0 Å². The van der Waals surface area contributed by atoms with Gasteiger partial charge in [-0.15, -0.1) is 6.42 Å². The van der Waals surface area contributed by atoms with E-state index in [1.54, 1.807) is 0 Å². The van der Waals surface area contributed by atoms with Crippen molar-refractivity contribution in [3.63, 3.8) is 0 Å². The van der Waals surface area contributed by atoms with Crippen molar-refractivity contribution in [1.29, 1.82) is 0 Å². The summed E-state index contributed by atoms with van der Waals surface area (Å²) in [5, 5.41) is 6.10. The van der Waals surface area contributed by atoms with Gasteiger partial charge in [-0.2, -0.15) is 0 Å². The fraction of sp³-hybridized carbons (Fsp3) is 0.769. The van der Waals surface area contributed by atoms with Crippen molar-refractivity contribution >= 4 is 5.91 Å². The summed E-state index contributed by atoms with van der Waals surface area (Å²) in [5.74, 6) is 2.46. The van der Waals surface area contributed by atoms with E-state index >= 15 is 0 Å². The van der Waals surface area contributed by atoms with Crippen LogP contribution < -0.4 is 10.6 Å². The highest BCUT2D eigenvalue weighted by Crippen LogP contribution is 2.14. The summed E-state index contributed by atoms with van der Waals surface area (Å²) in [4.78, 5) is 14.2. The average Bonchev–Trinajstić information content (AvgIpc) is 2.38. The first-order valence-corrected chi connectivity index (χ1v) is 6.38. The number of terminal acetylenes is 1. The number of nitrogens with zero attached hydrogens (tertiary/aromatic N) is 1. The molecule has 1 heterocycles. The Kier molecular flexibility index (Phi) is 6.03. The molecule has 1 amide bonds. The monoisotopic (exact) mass is 237 g/mol. The third-order valence-corrected chi connectivity index (χ3v) is 3.38. The molecule has 0 radical (unpaired) electrons. The Labute approximate surface area is 104 Å². The molecule has 1 atom stereocenters. The zero-order chi connectivity index (χ0) is 12.7. The van der Waals surface area contributed by atoms with Crippen LogP contribution in [0.1, 0.15) is 26.7 Å². The fourth-order valence-electron chi connectivity index (χ4n) is 2.42. The normalized spacial score (nSPS) is 18.7. The predicted octanol–water partition coefficient (Wildman–Crippen LogP) is 0.198. The molecule has 0 saturated carbocycles. The third-order valence-electron chi connectivity index (χ3n) is 3.38. The largest absolute Gasteiger partial charge is 0.344 e. The molecule has 0 aliphatic carbocycles. The summed E-state index contributed by atoms with van der Waals surface area (Å²) in [6.07, 6.45) is 7.37. The molecule has 1 fully saturated rings. The molecule has 17 heavy (non-hydrogen) atoms. The van der Waals surface area contributed by atoms with Gasteiger partial charge in [-0.3, -0.25) is 9.69 Å². The Bertz CT molecular complexity index is 279. The van der Waals surface area contributed by atoms with Gasteiger partial charge in [0, 0.05) is 6.04 Å². The Hall–Kier alpha value is -1.05. The second-order valence-corrected chi connectivity index (χ2v) is 4.41. The van der Waals surface area contributed by atoms with Gasteiger partial charge < -0.3 is 10.6 Å². The molecule has 0 aromatic carbocycles. The van der Waals surface area contributed by atoms with Crippen molar-refractivity contribution in [2.45, 2.75) is 38.8 Å². The van der Waals surface area contributed by atoms with Crippen molar-refractivity contribution in [2.75, 3.05) is 26.2 Å². The van der Waals surface area contributed by atoms with Crippen molar-refractivity contribution < 1.29 is 4.79 Å². The van der Waals surface area contributed by atoms with E-state index < -0.39 is 0 Å². The Morgan fingerprint density at radius 3 is 2.76 bits per heavy atom. The van der Waals surface area contributed by atoms with E-state index in [0.29, 0.717) is 12.6 Å². The minimum Gasteiger partial charge on any atom is -0.344 e. The molecule has 1 unspecified atom stereocenters. The van der Waals surface area contributed by atoms with Crippen LogP contribution in [0.15, 0.2) is 0 Å². The molecule has 4 nitrogen and oxygen atoms in total. The Morgan fingerprint density at radius 2 is 2.24 bits per heavy atom. The molecule has 0 aromatic heterocycles. The number of carbonyl (C=O) groups excluding carboxylic acids is 1. The summed E-state index contributed by atoms with van der Waals surface area (Å²) < 4.78 is 0. The van der Waals surface area contributed by atoms with E-state index in [9.17, 15) is 4.79 Å². The molecule has 0 aromatic rings. The molecule has 0 spiro atoms. The summed E-state index contributed by atoms with van der Waals surface area (Å²) in [6.45, 7) is 7.35. The Morgan fingerprint density at radius 1 is 1.59 bits per heavy atom. The number of carbonyl (C=O) groups is 1. The first-order chi connectivity index (χ1) is 8.20. The van der Waals surface area contributed by atoms with Crippen LogP contribution in [0, 0.1) is 12.3 Å². The maximum absolute atomic E-state index is 11.9. The Balaban J connectivity index is 2.53. The lowest BCUT2D eigenvalue weighted by Crippen LogP contribution is -2.52. The van der Waals surface area contributed by atoms with Gasteiger partial charge in [-0.25, -0.2) is 0 Å². The van der Waals surface area contributed by atoms with Gasteiger partial charge in [0.25, 0.3) is 0 Å². The van der Waals surface area contributed by atoms with Crippen molar-refractivity contribution in [1.82, 2.24) is 15.5 Å². The van der Waals surface area contributed by atoms with Crippen LogP contribution in [-0.4, -0.2) is 49.1 Å². The first kappa shape index (κ1) is 14.0. The minimum atomic E-state index is -0.101. The number of hydrogen-bond donors (Lipinski definition) is 2. The maximum Gasteiger partial charge on any atom is 0.237 e. The number of nitrogens with one attached hydrogen (secondary N) is 2. The molecule has 1 aliphatic heterocycles. The lowest BCUT2D eigenvalue weighted by atomic mass is 10.0. The molecule has 1 rings (SSSR count). The summed E-state index contributed by atoms with van der Waals surface area (Å²) in [5.41, 5.74) is 0. The van der Waals surface area contributed by atoms with E-state index in [1.807, 2.05) is 6.92 Å². The molecular formula is C13H23N3O. The van der Waals surface area contributed by atoms with Crippen LogP contribution in [-0.2, 0) is 4.79 Å². The van der Waals surface area contributed by atoms with Crippen molar-refractivity contribution in [2.24, 2.45) is 0 Å². The van der Waals surface area contributed by atoms with Crippen LogP contribution >= 0.6 is 0 Å². The second kappa shape index (κ2) is 7.31. The van der Waals surface area contributed by atoms with Gasteiger partial charge in [-0.1, -0.05) is 12.8 Å². The number of likely N-dealkylation sites (N-methyl/N-ethyl adjacent to an activating group) is 1. The SMILES string of the molecule is C#CCNC(=O)C(C)N(CC)C1CCNCC1. The third kappa shape index (κ3) is 4.03. The highest BCUT2D eigenvalue weighted by Gasteiger charge is 2.27. The zero-order valence-electron chi connectivity index (χ0n) is 10.8. The van der Waals surface area contributed by atoms with Crippen molar-refractivity contribution in [3.05, 3.63) is 0 Å². The quantitative estimate of drug-likeness (QED) is 0.671. The molecule has 96 valence electrons. The second-order valence-electron chi connectivity index (χ2n) is 4.41. The van der Waals surface area contributed by atoms with E-state index in [1.165, 1.54) is 0 Å². The molecule has 0 bridgehead atoms. The predicted molar refractivity (Wildman–Crippen MR) is 69.6 cm³/mol. The zero-order valence-corrected chi connectivity index (χ0v) is 10.8. The minimum absolute atomic E-state index is 0.0309. The highest BCUT2D eigenvalue weighted by molar-refractivity contribution is 5.81. The summed E-state index contributed by atoms with van der Waals surface area (Å²) in [7, 11) is 0. The first-order valence-electron chi connectivity index (χ1n) is 6.38. The van der Waals surface area contributed by atoms with E-state index in [-0.39, 0.29) is 11.9 Å². The van der Waals surface area contributed by atoms with E-state index in [4.69, 9.17) is 6.42 Å². The molecule has 2 N–H and O–H groups in total. The van der Waals surface area contributed by atoms with E-state index in [2.05, 4.69) is 28.4 Å². The number of rotatable bonds is 5. The van der Waals surface area contributed by atoms with Gasteiger partial charge >= 0.3 is 0 Å². The smallest absolute Gasteiger partial charge is 0.237 e. The maximum atomic E-state index is 11.9. The molecule has 4 heteroatoms. The fourth-order valence-corrected chi connectivity index (χ4v) is 2.42. The van der Waals surface area contributed by atoms with Crippen LogP contribution in [0.5, 0.6) is 0 Å². The number of hydrogen-bond acceptors (Lipinski definition) is 3. The standard InChI is InChI=1S/C13H23N3O/c1-4-8-15-13(17)11(3)16(5-2)12-6-9-14-10-7-12/h1,11-12,14H,5-10H2,2-3H3,(H,15,17). The highest BCUT2D eigenvalue weighted by atomic mass is 16.2. The topological polar surface area (TPSA) is 44.4 Å². The van der Waals surface area contributed by atoms with Gasteiger partial charge in [0.05, 0.1) is 12.6 Å². The molecule has 1 saturated heterocycles. The molecular weight excluding hydrogens is 214 g/mol. The van der Waals surface area contributed by atoms with Crippen LogP contribution in [0.4, 0.5) is 0 Å². The van der Waals surface area contributed by atoms with Gasteiger partial charge in [-0.05, 0) is 39.4 Å². The average molecular weight is 237 g/mol. The summed E-state index contributed by atoms with van der Waals surface area (Å²) >= 11 is 0. The van der Waals surface area contributed by atoms with Gasteiger partial charge in [0.2, 0.25) is 5.91 Å². The van der Waals surface area contributed by atoms with E-state index in [0.717, 1.165) is 32.5 Å². The van der Waals surface area contributed by atoms with Gasteiger partial charge in [0.1, 0.15) is 0 Å². The van der Waals surface area contributed by atoms with Crippen LogP contribution in [0.2, 0.25) is 0 Å². The van der Waals surface area contributed by atoms with Crippen molar-refractivity contribution in [3.8, 4) is 12.3 Å². The molecule has 1 aliphatic rings.